The third kappa shape index (κ3) is 2.84. The first kappa shape index (κ1) is 14.6. The van der Waals surface area contributed by atoms with E-state index in [1.54, 1.807) is 17.0 Å². The van der Waals surface area contributed by atoms with Crippen LogP contribution in [0.5, 0.6) is 0 Å². The standard InChI is InChI=1S/C15H15BrN4O3/c16-13-2-1-12(23-13)14(21)20-8-10-7-17-15(18-11(10)9-20)19-3-5-22-6-4-19/h1-2,7H,3-6,8-9H2. The van der Waals surface area contributed by atoms with Gasteiger partial charge in [0.05, 0.1) is 25.5 Å². The Labute approximate surface area is 141 Å². The van der Waals surface area contributed by atoms with Crippen molar-refractivity contribution < 1.29 is 13.9 Å². The molecule has 0 aromatic carbocycles. The van der Waals surface area contributed by atoms with Crippen LogP contribution in [0.15, 0.2) is 27.4 Å². The summed E-state index contributed by atoms with van der Waals surface area (Å²) in [7, 11) is 0. The van der Waals surface area contributed by atoms with Gasteiger partial charge in [-0.1, -0.05) is 0 Å². The van der Waals surface area contributed by atoms with Gasteiger partial charge in [-0.25, -0.2) is 9.97 Å². The highest BCUT2D eigenvalue weighted by molar-refractivity contribution is 9.10. The number of fused-ring (bicyclic) bond motifs is 1. The fourth-order valence-corrected chi connectivity index (χ4v) is 3.09. The number of ether oxygens (including phenoxy) is 1. The zero-order valence-corrected chi connectivity index (χ0v) is 14.0. The third-order valence-corrected chi connectivity index (χ3v) is 4.43. The smallest absolute Gasteiger partial charge is 0.290 e. The zero-order chi connectivity index (χ0) is 15.8. The van der Waals surface area contributed by atoms with E-state index in [1.165, 1.54) is 0 Å². The number of furan rings is 1. The lowest BCUT2D eigenvalue weighted by molar-refractivity contribution is 0.0717. The first-order chi connectivity index (χ1) is 11.2. The highest BCUT2D eigenvalue weighted by Gasteiger charge is 2.28. The van der Waals surface area contributed by atoms with Crippen molar-refractivity contribution in [3.8, 4) is 0 Å². The van der Waals surface area contributed by atoms with Crippen molar-refractivity contribution in [1.29, 1.82) is 0 Å². The molecule has 2 aromatic rings. The van der Waals surface area contributed by atoms with Gasteiger partial charge in [-0.3, -0.25) is 4.79 Å². The fourth-order valence-electron chi connectivity index (χ4n) is 2.79. The molecule has 0 N–H and O–H groups in total. The average molecular weight is 379 g/mol. The monoisotopic (exact) mass is 378 g/mol. The van der Waals surface area contributed by atoms with E-state index in [4.69, 9.17) is 9.15 Å². The lowest BCUT2D eigenvalue weighted by Crippen LogP contribution is -2.37. The van der Waals surface area contributed by atoms with E-state index in [0.29, 0.717) is 42.7 Å². The lowest BCUT2D eigenvalue weighted by Gasteiger charge is -2.26. The molecule has 0 aliphatic carbocycles. The molecule has 4 heterocycles. The van der Waals surface area contributed by atoms with Gasteiger partial charge in [0.25, 0.3) is 5.91 Å². The predicted molar refractivity (Wildman–Crippen MR) is 85.0 cm³/mol. The van der Waals surface area contributed by atoms with Crippen LogP contribution in [-0.4, -0.2) is 47.1 Å². The molecule has 0 atom stereocenters. The van der Waals surface area contributed by atoms with Gasteiger partial charge in [0.2, 0.25) is 5.95 Å². The van der Waals surface area contributed by atoms with Gasteiger partial charge in [-0.15, -0.1) is 0 Å². The summed E-state index contributed by atoms with van der Waals surface area (Å²) in [5.41, 5.74) is 1.89. The normalized spacial score (nSPS) is 17.4. The number of morpholine rings is 1. The van der Waals surface area contributed by atoms with Crippen molar-refractivity contribution in [2.75, 3.05) is 31.2 Å². The van der Waals surface area contributed by atoms with Crippen LogP contribution in [-0.2, 0) is 17.8 Å². The van der Waals surface area contributed by atoms with Crippen molar-refractivity contribution in [2.24, 2.45) is 0 Å². The van der Waals surface area contributed by atoms with Crippen LogP contribution in [0.25, 0.3) is 0 Å². The summed E-state index contributed by atoms with van der Waals surface area (Å²) in [4.78, 5) is 25.3. The molecule has 120 valence electrons. The van der Waals surface area contributed by atoms with Gasteiger partial charge < -0.3 is 19.0 Å². The Morgan fingerprint density at radius 3 is 2.78 bits per heavy atom. The number of rotatable bonds is 2. The first-order valence-electron chi connectivity index (χ1n) is 7.43. The number of carbonyl (C=O) groups is 1. The van der Waals surface area contributed by atoms with E-state index in [2.05, 4.69) is 30.8 Å². The second-order valence-electron chi connectivity index (χ2n) is 5.51. The van der Waals surface area contributed by atoms with E-state index >= 15 is 0 Å². The summed E-state index contributed by atoms with van der Waals surface area (Å²) < 4.78 is 11.2. The van der Waals surface area contributed by atoms with Gasteiger partial charge in [0, 0.05) is 31.4 Å². The number of hydrogen-bond donors (Lipinski definition) is 0. The van der Waals surface area contributed by atoms with Crippen molar-refractivity contribution in [1.82, 2.24) is 14.9 Å². The van der Waals surface area contributed by atoms with E-state index in [9.17, 15) is 4.79 Å². The van der Waals surface area contributed by atoms with Crippen LogP contribution in [0.4, 0.5) is 5.95 Å². The second kappa shape index (κ2) is 5.93. The zero-order valence-electron chi connectivity index (χ0n) is 12.4. The molecule has 23 heavy (non-hydrogen) atoms. The molecule has 1 saturated heterocycles. The molecule has 0 unspecified atom stereocenters. The maximum absolute atomic E-state index is 12.5. The van der Waals surface area contributed by atoms with Crippen LogP contribution >= 0.6 is 15.9 Å². The van der Waals surface area contributed by atoms with E-state index < -0.39 is 0 Å². The summed E-state index contributed by atoms with van der Waals surface area (Å²) in [5.74, 6) is 0.898. The van der Waals surface area contributed by atoms with Crippen LogP contribution in [0, 0.1) is 0 Å². The summed E-state index contributed by atoms with van der Waals surface area (Å²) in [5, 5.41) is 0. The van der Waals surface area contributed by atoms with Crippen LogP contribution in [0.1, 0.15) is 21.8 Å². The maximum atomic E-state index is 12.5. The minimum absolute atomic E-state index is 0.137. The number of amides is 1. The number of carbonyl (C=O) groups excluding carboxylic acids is 1. The van der Waals surface area contributed by atoms with Crippen LogP contribution in [0.3, 0.4) is 0 Å². The number of anilines is 1. The second-order valence-corrected chi connectivity index (χ2v) is 6.29. The molecule has 8 heteroatoms. The third-order valence-electron chi connectivity index (χ3n) is 4.01. The Hall–Kier alpha value is -1.93. The average Bonchev–Trinajstić information content (AvgIpc) is 3.20. The topological polar surface area (TPSA) is 71.7 Å². The molecular formula is C15H15BrN4O3. The molecule has 7 nitrogen and oxygen atoms in total. The number of nitrogens with zero attached hydrogens (tertiary/aromatic N) is 4. The molecule has 0 bridgehead atoms. The SMILES string of the molecule is O=C(c1ccc(Br)o1)N1Cc2cnc(N3CCOCC3)nc2C1. The number of aromatic nitrogens is 2. The quantitative estimate of drug-likeness (QED) is 0.793. The minimum atomic E-state index is -0.137. The molecule has 4 rings (SSSR count). The highest BCUT2D eigenvalue weighted by Crippen LogP contribution is 2.25. The number of hydrogen-bond acceptors (Lipinski definition) is 6. The Morgan fingerprint density at radius 1 is 1.22 bits per heavy atom. The Bertz CT molecular complexity index is 742. The van der Waals surface area contributed by atoms with Crippen molar-refractivity contribution in [3.05, 3.63) is 40.0 Å². The molecule has 1 amide bonds. The van der Waals surface area contributed by atoms with Crippen molar-refractivity contribution in [3.63, 3.8) is 0 Å². The Morgan fingerprint density at radius 2 is 2.04 bits per heavy atom. The molecule has 2 aliphatic heterocycles. The van der Waals surface area contributed by atoms with Crippen molar-refractivity contribution in [2.45, 2.75) is 13.1 Å². The van der Waals surface area contributed by atoms with Crippen molar-refractivity contribution >= 4 is 27.8 Å². The summed E-state index contributed by atoms with van der Waals surface area (Å²) in [6, 6.07) is 3.38. The van der Waals surface area contributed by atoms with Gasteiger partial charge in [-0.05, 0) is 28.1 Å². The van der Waals surface area contributed by atoms with E-state index in [0.717, 1.165) is 24.3 Å². The largest absolute Gasteiger partial charge is 0.444 e. The van der Waals surface area contributed by atoms with Gasteiger partial charge in [-0.2, -0.15) is 0 Å². The summed E-state index contributed by atoms with van der Waals surface area (Å²) in [6.07, 6.45) is 1.82. The lowest BCUT2D eigenvalue weighted by atomic mass is 10.3. The Kier molecular flexibility index (Phi) is 3.78. The molecule has 0 saturated carbocycles. The molecule has 2 aromatic heterocycles. The van der Waals surface area contributed by atoms with E-state index in [1.807, 2.05) is 6.20 Å². The fraction of sp³-hybridized carbons (Fsp3) is 0.400. The van der Waals surface area contributed by atoms with Gasteiger partial charge in [0.15, 0.2) is 10.4 Å². The predicted octanol–water partition coefficient (Wildman–Crippen LogP) is 1.82. The molecule has 1 fully saturated rings. The van der Waals surface area contributed by atoms with Gasteiger partial charge in [0.1, 0.15) is 0 Å². The highest BCUT2D eigenvalue weighted by atomic mass is 79.9. The molecule has 0 spiro atoms. The summed E-state index contributed by atoms with van der Waals surface area (Å²) in [6.45, 7) is 3.96. The summed E-state index contributed by atoms with van der Waals surface area (Å²) >= 11 is 3.22. The van der Waals surface area contributed by atoms with Gasteiger partial charge >= 0.3 is 0 Å². The molecule has 2 aliphatic rings. The molecular weight excluding hydrogens is 364 g/mol. The van der Waals surface area contributed by atoms with Crippen LogP contribution in [0.2, 0.25) is 0 Å². The number of halogens is 1. The Balaban J connectivity index is 1.52. The molecule has 0 radical (unpaired) electrons. The van der Waals surface area contributed by atoms with Crippen LogP contribution < -0.4 is 4.90 Å². The maximum Gasteiger partial charge on any atom is 0.290 e. The first-order valence-corrected chi connectivity index (χ1v) is 8.22. The minimum Gasteiger partial charge on any atom is -0.444 e. The van der Waals surface area contributed by atoms with E-state index in [-0.39, 0.29) is 5.91 Å².